The van der Waals surface area contributed by atoms with Crippen LogP contribution < -0.4 is 0 Å². The van der Waals surface area contributed by atoms with Crippen LogP contribution in [0.5, 0.6) is 0 Å². The summed E-state index contributed by atoms with van der Waals surface area (Å²) < 4.78 is 15.1. The average molecular weight is 439 g/mol. The summed E-state index contributed by atoms with van der Waals surface area (Å²) in [4.78, 5) is 20.7. The number of thiophene rings is 1. The maximum atomic E-state index is 13.3. The lowest BCUT2D eigenvalue weighted by molar-refractivity contribution is 0.0737. The second-order valence-electron chi connectivity index (χ2n) is 7.36. The molecule has 160 valence electrons. The zero-order valence-electron chi connectivity index (χ0n) is 17.2. The number of hydrogen-bond donors (Lipinski definition) is 1. The molecule has 0 aliphatic rings. The number of halogens is 1. The van der Waals surface area contributed by atoms with Crippen molar-refractivity contribution in [3.63, 3.8) is 0 Å². The molecular weight excluding hydrogens is 415 g/mol. The minimum absolute atomic E-state index is 0.0228. The molecule has 0 radical (unpaired) electrons. The van der Waals surface area contributed by atoms with Crippen molar-refractivity contribution in [2.75, 3.05) is 13.2 Å². The topological polar surface area (TPSA) is 71.2 Å². The van der Waals surface area contributed by atoms with E-state index in [1.54, 1.807) is 29.4 Å². The molecule has 3 aromatic heterocycles. The van der Waals surface area contributed by atoms with E-state index in [-0.39, 0.29) is 18.3 Å². The van der Waals surface area contributed by atoms with E-state index >= 15 is 0 Å². The van der Waals surface area contributed by atoms with Gasteiger partial charge in [-0.3, -0.25) is 14.5 Å². The zero-order valence-corrected chi connectivity index (χ0v) is 18.0. The van der Waals surface area contributed by atoms with Crippen molar-refractivity contribution in [3.8, 4) is 0 Å². The Morgan fingerprint density at radius 1 is 1.23 bits per heavy atom. The van der Waals surface area contributed by atoms with Crippen LogP contribution in [0, 0.1) is 12.7 Å². The van der Waals surface area contributed by atoms with Gasteiger partial charge in [-0.15, -0.1) is 11.3 Å². The molecule has 1 amide bonds. The number of amides is 1. The maximum absolute atomic E-state index is 13.3. The Morgan fingerprint density at radius 2 is 2.03 bits per heavy atom. The van der Waals surface area contributed by atoms with E-state index in [0.29, 0.717) is 30.9 Å². The molecule has 0 unspecified atom stereocenters. The highest BCUT2D eigenvalue weighted by Gasteiger charge is 2.21. The minimum atomic E-state index is -0.272. The van der Waals surface area contributed by atoms with Crippen LogP contribution in [-0.2, 0) is 13.1 Å². The van der Waals surface area contributed by atoms with Crippen molar-refractivity contribution < 1.29 is 14.3 Å². The van der Waals surface area contributed by atoms with Crippen LogP contribution in [0.25, 0.3) is 10.2 Å². The van der Waals surface area contributed by atoms with Gasteiger partial charge in [0.1, 0.15) is 10.6 Å². The van der Waals surface area contributed by atoms with Crippen molar-refractivity contribution >= 4 is 27.5 Å². The lowest BCUT2D eigenvalue weighted by atomic mass is 10.2. The third kappa shape index (κ3) is 4.81. The largest absolute Gasteiger partial charge is 0.396 e. The summed E-state index contributed by atoms with van der Waals surface area (Å²) in [5.41, 5.74) is 2.73. The number of carbonyl (C=O) groups is 1. The normalized spacial score (nSPS) is 11.2. The monoisotopic (exact) mass is 438 g/mol. The van der Waals surface area contributed by atoms with Gasteiger partial charge >= 0.3 is 0 Å². The van der Waals surface area contributed by atoms with Gasteiger partial charge in [-0.05, 0) is 48.7 Å². The molecular formula is C23H23FN4O2S. The summed E-state index contributed by atoms with van der Waals surface area (Å²) in [5, 5.41) is 14.8. The Hall–Kier alpha value is -3.10. The third-order valence-corrected chi connectivity index (χ3v) is 6.17. The first-order chi connectivity index (χ1) is 15.0. The second kappa shape index (κ2) is 9.36. The average Bonchev–Trinajstić information content (AvgIpc) is 3.34. The number of aliphatic hydroxyl groups excluding tert-OH is 1. The van der Waals surface area contributed by atoms with Crippen LogP contribution in [0.2, 0.25) is 0 Å². The van der Waals surface area contributed by atoms with Crippen LogP contribution in [0.1, 0.15) is 32.9 Å². The number of pyridine rings is 1. The van der Waals surface area contributed by atoms with Crippen molar-refractivity contribution in [2.24, 2.45) is 0 Å². The number of aliphatic hydroxyl groups is 1. The van der Waals surface area contributed by atoms with Crippen molar-refractivity contribution in [3.05, 3.63) is 82.4 Å². The maximum Gasteiger partial charge on any atom is 0.264 e. The smallest absolute Gasteiger partial charge is 0.264 e. The van der Waals surface area contributed by atoms with E-state index < -0.39 is 0 Å². The highest BCUT2D eigenvalue weighted by molar-refractivity contribution is 7.20. The summed E-state index contributed by atoms with van der Waals surface area (Å²) in [5.74, 6) is -0.350. The van der Waals surface area contributed by atoms with Gasteiger partial charge in [-0.25, -0.2) is 4.39 Å². The van der Waals surface area contributed by atoms with Crippen molar-refractivity contribution in [2.45, 2.75) is 26.4 Å². The molecule has 1 aromatic carbocycles. The fraction of sp³-hybridized carbons (Fsp3) is 0.261. The molecule has 4 aromatic rings. The van der Waals surface area contributed by atoms with Gasteiger partial charge in [0.15, 0.2) is 0 Å². The first-order valence-electron chi connectivity index (χ1n) is 10.1. The predicted octanol–water partition coefficient (Wildman–Crippen LogP) is 4.01. The number of hydrogen-bond acceptors (Lipinski definition) is 5. The number of nitrogens with zero attached hydrogens (tertiary/aromatic N) is 4. The van der Waals surface area contributed by atoms with E-state index in [0.717, 1.165) is 27.0 Å². The Balaban J connectivity index is 1.61. The molecule has 3 heterocycles. The molecule has 0 bridgehead atoms. The van der Waals surface area contributed by atoms with Gasteiger partial charge in [0.05, 0.1) is 17.1 Å². The quantitative estimate of drug-likeness (QED) is 0.451. The van der Waals surface area contributed by atoms with Gasteiger partial charge in [-0.2, -0.15) is 5.10 Å². The Labute approximate surface area is 183 Å². The highest BCUT2D eigenvalue weighted by atomic mass is 32.1. The summed E-state index contributed by atoms with van der Waals surface area (Å²) in [7, 11) is 0. The fourth-order valence-corrected chi connectivity index (χ4v) is 4.60. The lowest BCUT2D eigenvalue weighted by Gasteiger charge is -2.21. The predicted molar refractivity (Wildman–Crippen MR) is 119 cm³/mol. The molecule has 0 aliphatic heterocycles. The Kier molecular flexibility index (Phi) is 6.39. The summed E-state index contributed by atoms with van der Waals surface area (Å²) >= 11 is 1.40. The van der Waals surface area contributed by atoms with Crippen LogP contribution in [-0.4, -0.2) is 43.8 Å². The molecule has 1 N–H and O–H groups in total. The van der Waals surface area contributed by atoms with Crippen LogP contribution in [0.4, 0.5) is 4.39 Å². The Morgan fingerprint density at radius 3 is 2.74 bits per heavy atom. The highest BCUT2D eigenvalue weighted by Crippen LogP contribution is 2.30. The molecule has 0 saturated carbocycles. The van der Waals surface area contributed by atoms with Gasteiger partial charge in [0.25, 0.3) is 5.91 Å². The number of fused-ring (bicyclic) bond motifs is 1. The molecule has 4 rings (SSSR count). The van der Waals surface area contributed by atoms with E-state index in [1.165, 1.54) is 23.5 Å². The van der Waals surface area contributed by atoms with E-state index in [1.807, 2.05) is 29.8 Å². The Bertz CT molecular complexity index is 1170. The van der Waals surface area contributed by atoms with Crippen molar-refractivity contribution in [1.29, 1.82) is 0 Å². The van der Waals surface area contributed by atoms with E-state index in [9.17, 15) is 14.3 Å². The van der Waals surface area contributed by atoms with E-state index in [2.05, 4.69) is 10.1 Å². The first-order valence-corrected chi connectivity index (χ1v) is 10.9. The molecule has 0 aliphatic carbocycles. The summed E-state index contributed by atoms with van der Waals surface area (Å²) in [6, 6.07) is 12.0. The third-order valence-electron chi connectivity index (χ3n) is 5.03. The summed E-state index contributed by atoms with van der Waals surface area (Å²) in [6.45, 7) is 3.34. The zero-order chi connectivity index (χ0) is 21.8. The number of benzene rings is 1. The number of rotatable bonds is 8. The standard InChI is InChI=1S/C23H23FN4O2S/c1-16-20-12-21(22(30)27(10-3-11-29)14-18-4-2-9-25-13-18)31-23(20)28(26-16)15-17-5-7-19(24)8-6-17/h2,4-9,12-13,29H,3,10-11,14-15H2,1H3. The van der Waals surface area contributed by atoms with Crippen LogP contribution >= 0.6 is 11.3 Å². The molecule has 0 spiro atoms. The first kappa shape index (κ1) is 21.1. The molecule has 0 saturated heterocycles. The van der Waals surface area contributed by atoms with Crippen LogP contribution in [0.3, 0.4) is 0 Å². The molecule has 8 heteroatoms. The second-order valence-corrected chi connectivity index (χ2v) is 8.39. The summed E-state index contributed by atoms with van der Waals surface area (Å²) in [6.07, 6.45) is 3.95. The fourth-order valence-electron chi connectivity index (χ4n) is 3.47. The van der Waals surface area contributed by atoms with Gasteiger partial charge < -0.3 is 10.0 Å². The van der Waals surface area contributed by atoms with Crippen molar-refractivity contribution in [1.82, 2.24) is 19.7 Å². The van der Waals surface area contributed by atoms with Gasteiger partial charge in [-0.1, -0.05) is 18.2 Å². The van der Waals surface area contributed by atoms with E-state index in [4.69, 9.17) is 0 Å². The lowest BCUT2D eigenvalue weighted by Crippen LogP contribution is -2.31. The SMILES string of the molecule is Cc1nn(Cc2ccc(F)cc2)c2sc(C(=O)N(CCCO)Cc3cccnc3)cc12. The molecule has 31 heavy (non-hydrogen) atoms. The number of aromatic nitrogens is 3. The van der Waals surface area contributed by atoms with Gasteiger partial charge in [0.2, 0.25) is 0 Å². The molecule has 6 nitrogen and oxygen atoms in total. The van der Waals surface area contributed by atoms with Gasteiger partial charge in [0, 0.05) is 37.5 Å². The van der Waals surface area contributed by atoms with Crippen LogP contribution in [0.15, 0.2) is 54.9 Å². The number of carbonyl (C=O) groups excluding carboxylic acids is 1. The molecule has 0 atom stereocenters. The number of aryl methyl sites for hydroxylation is 1. The minimum Gasteiger partial charge on any atom is -0.396 e. The molecule has 0 fully saturated rings.